The molecule has 0 bridgehead atoms. The highest BCUT2D eigenvalue weighted by Gasteiger charge is 2.39. The van der Waals surface area contributed by atoms with Crippen molar-refractivity contribution in [3.63, 3.8) is 0 Å². The molecule has 0 aromatic carbocycles. The lowest BCUT2D eigenvalue weighted by Gasteiger charge is -2.25. The Labute approximate surface area is 189 Å². The largest absolute Gasteiger partial charge is 0.490 e. The van der Waals surface area contributed by atoms with E-state index in [9.17, 15) is 31.4 Å². The molecule has 9 nitrogen and oxygen atoms in total. The minimum atomic E-state index is -5.08. The summed E-state index contributed by atoms with van der Waals surface area (Å²) in [6.07, 6.45) is -1.16. The van der Waals surface area contributed by atoms with Crippen molar-refractivity contribution < 1.29 is 51.3 Å². The van der Waals surface area contributed by atoms with Gasteiger partial charge in [0.2, 0.25) is 0 Å². The number of aliphatic hydroxyl groups excluding tert-OH is 1. The number of carboxylic acid groups (broad SMARTS) is 2. The van der Waals surface area contributed by atoms with Gasteiger partial charge >= 0.3 is 24.3 Å². The van der Waals surface area contributed by atoms with Crippen LogP contribution < -0.4 is 0 Å². The number of halogens is 6. The van der Waals surface area contributed by atoms with Gasteiger partial charge in [0.15, 0.2) is 0 Å². The maximum atomic E-state index is 10.6. The van der Waals surface area contributed by atoms with E-state index in [1.807, 2.05) is 36.4 Å². The number of carboxylic acids is 2. The van der Waals surface area contributed by atoms with Crippen molar-refractivity contribution in [2.24, 2.45) is 7.05 Å². The van der Waals surface area contributed by atoms with Crippen molar-refractivity contribution in [1.82, 2.24) is 19.7 Å². The fraction of sp³-hybridized carbons (Fsp3) is 0.474. The summed E-state index contributed by atoms with van der Waals surface area (Å²) in [4.78, 5) is 24.3. The molecule has 3 rings (SSSR count). The molecule has 2 atom stereocenters. The normalized spacial score (nSPS) is 18.4. The summed E-state index contributed by atoms with van der Waals surface area (Å²) < 4.78 is 65.3. The van der Waals surface area contributed by atoms with Crippen LogP contribution in [0.1, 0.15) is 17.5 Å². The van der Waals surface area contributed by atoms with Crippen LogP contribution in [0.2, 0.25) is 0 Å². The van der Waals surface area contributed by atoms with E-state index >= 15 is 0 Å². The molecule has 0 amide bonds. The minimum absolute atomic E-state index is 0.166. The van der Waals surface area contributed by atoms with Crippen LogP contribution >= 0.6 is 0 Å². The van der Waals surface area contributed by atoms with E-state index in [-0.39, 0.29) is 12.1 Å². The summed E-state index contributed by atoms with van der Waals surface area (Å²) in [6, 6.07) is 4.20. The summed E-state index contributed by atoms with van der Waals surface area (Å²) >= 11 is 0. The molecule has 0 saturated carbocycles. The smallest absolute Gasteiger partial charge is 0.475 e. The average Bonchev–Trinajstić information content (AvgIpc) is 3.28. The van der Waals surface area contributed by atoms with Gasteiger partial charge in [-0.15, -0.1) is 0 Å². The standard InChI is InChI=1S/C15H20N4O.2C2HF3O2/c1-18-10-13(9-17-18)7-14-15(20)4-6-19(14)11-12-3-2-5-16-8-12;2*3-2(4,5)1(6)7/h2-3,5,8-10,14-15,20H,4,6-7,11H2,1H3;2*(H,6,7)/t14-,15+;;/m0../s1. The van der Waals surface area contributed by atoms with Crippen LogP contribution in [-0.4, -0.2) is 78.0 Å². The molecule has 2 aromatic heterocycles. The lowest BCUT2D eigenvalue weighted by atomic mass is 10.0. The topological polar surface area (TPSA) is 129 Å². The predicted molar refractivity (Wildman–Crippen MR) is 103 cm³/mol. The average molecular weight is 500 g/mol. The number of nitrogens with zero attached hydrogens (tertiary/aromatic N) is 4. The predicted octanol–water partition coefficient (Wildman–Crippen LogP) is 2.26. The maximum Gasteiger partial charge on any atom is 0.490 e. The second-order valence-corrected chi connectivity index (χ2v) is 7.09. The number of pyridine rings is 1. The van der Waals surface area contributed by atoms with E-state index in [1.165, 1.54) is 11.1 Å². The van der Waals surface area contributed by atoms with Gasteiger partial charge in [-0.3, -0.25) is 14.6 Å². The summed E-state index contributed by atoms with van der Waals surface area (Å²) in [6.45, 7) is 1.77. The first-order valence-corrected chi connectivity index (χ1v) is 9.50. The second-order valence-electron chi connectivity index (χ2n) is 7.09. The van der Waals surface area contributed by atoms with Crippen LogP contribution in [0.25, 0.3) is 0 Å². The van der Waals surface area contributed by atoms with Gasteiger partial charge in [0.25, 0.3) is 0 Å². The molecular weight excluding hydrogens is 478 g/mol. The number of hydrogen-bond acceptors (Lipinski definition) is 6. The Bertz CT molecular complexity index is 896. The Kier molecular flexibility index (Phi) is 10.4. The van der Waals surface area contributed by atoms with Crippen molar-refractivity contribution in [3.8, 4) is 0 Å². The molecule has 34 heavy (non-hydrogen) atoms. The molecule has 1 fully saturated rings. The first-order chi connectivity index (χ1) is 15.6. The van der Waals surface area contributed by atoms with E-state index in [0.29, 0.717) is 0 Å². The zero-order valence-electron chi connectivity index (χ0n) is 17.7. The van der Waals surface area contributed by atoms with Gasteiger partial charge in [0, 0.05) is 44.8 Å². The number of alkyl halides is 6. The van der Waals surface area contributed by atoms with E-state index in [2.05, 4.69) is 21.0 Å². The SMILES string of the molecule is Cn1cc(C[C@H]2[C@H](O)CCN2Cc2cccnc2)cn1.O=C(O)C(F)(F)F.O=C(O)C(F)(F)F. The van der Waals surface area contributed by atoms with Gasteiger partial charge in [0.05, 0.1) is 12.3 Å². The van der Waals surface area contributed by atoms with Crippen molar-refractivity contribution in [2.75, 3.05) is 6.54 Å². The highest BCUT2D eigenvalue weighted by molar-refractivity contribution is 5.73. The summed E-state index contributed by atoms with van der Waals surface area (Å²) in [5.74, 6) is -5.51. The van der Waals surface area contributed by atoms with Crippen molar-refractivity contribution in [1.29, 1.82) is 0 Å². The van der Waals surface area contributed by atoms with Gasteiger partial charge < -0.3 is 15.3 Å². The molecule has 0 radical (unpaired) electrons. The Balaban J connectivity index is 0.000000343. The van der Waals surface area contributed by atoms with Crippen LogP contribution in [0.4, 0.5) is 26.3 Å². The van der Waals surface area contributed by atoms with Crippen LogP contribution in [-0.2, 0) is 29.6 Å². The molecule has 15 heteroatoms. The number of likely N-dealkylation sites (tertiary alicyclic amines) is 1. The lowest BCUT2D eigenvalue weighted by molar-refractivity contribution is -0.193. The van der Waals surface area contributed by atoms with E-state index in [0.717, 1.165) is 25.9 Å². The molecule has 3 heterocycles. The molecule has 3 N–H and O–H groups in total. The Morgan fingerprint density at radius 2 is 1.62 bits per heavy atom. The lowest BCUT2D eigenvalue weighted by Crippen LogP contribution is -2.36. The van der Waals surface area contributed by atoms with Crippen LogP contribution in [0.5, 0.6) is 0 Å². The van der Waals surface area contributed by atoms with Crippen molar-refractivity contribution >= 4 is 11.9 Å². The molecule has 0 unspecified atom stereocenters. The quantitative estimate of drug-likeness (QED) is 0.546. The highest BCUT2D eigenvalue weighted by Crippen LogP contribution is 2.23. The summed E-state index contributed by atoms with van der Waals surface area (Å²) in [5.41, 5.74) is 2.37. The van der Waals surface area contributed by atoms with E-state index < -0.39 is 24.3 Å². The third kappa shape index (κ3) is 10.2. The monoisotopic (exact) mass is 500 g/mol. The van der Waals surface area contributed by atoms with Crippen molar-refractivity contribution in [2.45, 2.75) is 43.9 Å². The maximum absolute atomic E-state index is 10.6. The Morgan fingerprint density at radius 3 is 2.03 bits per heavy atom. The second kappa shape index (κ2) is 12.3. The highest BCUT2D eigenvalue weighted by atomic mass is 19.4. The number of rotatable bonds is 4. The van der Waals surface area contributed by atoms with Gasteiger partial charge in [-0.1, -0.05) is 6.07 Å². The van der Waals surface area contributed by atoms with Gasteiger partial charge in [-0.05, 0) is 30.0 Å². The number of aliphatic carboxylic acids is 2. The Morgan fingerprint density at radius 1 is 1.06 bits per heavy atom. The zero-order chi connectivity index (χ0) is 26.1. The summed E-state index contributed by atoms with van der Waals surface area (Å²) in [7, 11) is 1.92. The van der Waals surface area contributed by atoms with E-state index in [1.54, 1.807) is 6.20 Å². The Hall–Kier alpha value is -3.20. The van der Waals surface area contributed by atoms with Gasteiger partial charge in [0.1, 0.15) is 0 Å². The third-order valence-corrected chi connectivity index (χ3v) is 4.42. The first kappa shape index (κ1) is 28.8. The van der Waals surface area contributed by atoms with E-state index in [4.69, 9.17) is 19.8 Å². The number of carbonyl (C=O) groups is 2. The van der Waals surface area contributed by atoms with Crippen LogP contribution in [0, 0.1) is 0 Å². The molecular formula is C19H22F6N4O5. The van der Waals surface area contributed by atoms with Gasteiger partial charge in [-0.25, -0.2) is 9.59 Å². The number of aryl methyl sites for hydroxylation is 1. The number of hydrogen-bond donors (Lipinski definition) is 3. The number of aromatic nitrogens is 3. The molecule has 1 aliphatic rings. The minimum Gasteiger partial charge on any atom is -0.475 e. The third-order valence-electron chi connectivity index (χ3n) is 4.42. The first-order valence-electron chi connectivity index (χ1n) is 9.50. The van der Waals surface area contributed by atoms with Crippen molar-refractivity contribution in [3.05, 3.63) is 48.0 Å². The molecule has 1 aliphatic heterocycles. The molecule has 190 valence electrons. The molecule has 2 aromatic rings. The molecule has 0 aliphatic carbocycles. The summed E-state index contributed by atoms with van der Waals surface area (Å²) in [5, 5.41) is 28.7. The number of aliphatic hydroxyl groups is 1. The van der Waals surface area contributed by atoms with Gasteiger partial charge in [-0.2, -0.15) is 31.4 Å². The molecule has 1 saturated heterocycles. The fourth-order valence-electron chi connectivity index (χ4n) is 2.91. The zero-order valence-corrected chi connectivity index (χ0v) is 17.7. The van der Waals surface area contributed by atoms with Crippen LogP contribution in [0.15, 0.2) is 36.9 Å². The fourth-order valence-corrected chi connectivity index (χ4v) is 2.91. The van der Waals surface area contributed by atoms with Crippen LogP contribution in [0.3, 0.4) is 0 Å². The molecule has 0 spiro atoms.